The lowest BCUT2D eigenvalue weighted by molar-refractivity contribution is -0.136. The molecule has 0 aromatic heterocycles. The molecule has 0 unspecified atom stereocenters. The van der Waals surface area contributed by atoms with Crippen LogP contribution in [0.15, 0.2) is 42.5 Å². The van der Waals surface area contributed by atoms with Crippen LogP contribution in [-0.4, -0.2) is 16.9 Å². The van der Waals surface area contributed by atoms with E-state index in [4.69, 9.17) is 9.84 Å². The van der Waals surface area contributed by atoms with Gasteiger partial charge in [-0.25, -0.2) is 0 Å². The fraction of sp³-hybridized carbons (Fsp3) is 0.176. The number of benzene rings is 2. The highest BCUT2D eigenvalue weighted by Gasteiger charge is 2.15. The van der Waals surface area contributed by atoms with Gasteiger partial charge in [-0.1, -0.05) is 30.3 Å². The smallest absolute Gasteiger partial charge is 0.307 e. The Hall–Kier alpha value is -1.89. The van der Waals surface area contributed by atoms with Gasteiger partial charge in [-0.15, -0.1) is 0 Å². The van der Waals surface area contributed by atoms with Crippen molar-refractivity contribution in [2.24, 2.45) is 0 Å². The maximum Gasteiger partial charge on any atom is 0.307 e. The van der Waals surface area contributed by atoms with E-state index >= 15 is 0 Å². The fourth-order valence-electron chi connectivity index (χ4n) is 2.08. The lowest BCUT2D eigenvalue weighted by Crippen LogP contribution is -2.08. The lowest BCUT2D eigenvalue weighted by Gasteiger charge is -2.12. The van der Waals surface area contributed by atoms with Gasteiger partial charge in [-0.3, -0.25) is 9.59 Å². The average molecular weight is 410 g/mol. The Kier molecular flexibility index (Phi) is 5.54. The molecule has 114 valence electrons. The van der Waals surface area contributed by atoms with E-state index in [-0.39, 0.29) is 12.2 Å². The van der Waals surface area contributed by atoms with Crippen molar-refractivity contribution in [1.82, 2.24) is 0 Å². The molecule has 0 fully saturated rings. The number of hydrogen-bond acceptors (Lipinski definition) is 3. The molecule has 0 aliphatic rings. The summed E-state index contributed by atoms with van der Waals surface area (Å²) < 4.78 is 6.55. The van der Waals surface area contributed by atoms with Crippen molar-refractivity contribution >= 4 is 34.3 Å². The highest BCUT2D eigenvalue weighted by molar-refractivity contribution is 14.1. The molecule has 0 radical (unpaired) electrons. The van der Waals surface area contributed by atoms with Crippen molar-refractivity contribution in [2.75, 3.05) is 0 Å². The molecule has 1 N–H and O–H groups in total. The number of carboxylic acids is 1. The minimum atomic E-state index is -0.974. The number of hydrogen-bond donors (Lipinski definition) is 1. The molecule has 0 atom stereocenters. The first-order valence-electron chi connectivity index (χ1n) is 6.69. The van der Waals surface area contributed by atoms with Crippen molar-refractivity contribution in [1.29, 1.82) is 0 Å². The molecule has 0 heterocycles. The molecule has 2 rings (SSSR count). The molecular weight excluding hydrogens is 395 g/mol. The lowest BCUT2D eigenvalue weighted by atomic mass is 10.0. The molecule has 2 aromatic carbocycles. The van der Waals surface area contributed by atoms with Crippen LogP contribution < -0.4 is 4.74 Å². The number of Topliss-reactive ketones (excluding diaryl/α,β-unsaturated/α-hetero) is 1. The summed E-state index contributed by atoms with van der Waals surface area (Å²) in [6.07, 6.45) is -0.201. The molecule has 0 amide bonds. The molecule has 0 saturated heterocycles. The van der Waals surface area contributed by atoms with Gasteiger partial charge in [0.25, 0.3) is 0 Å². The van der Waals surface area contributed by atoms with Gasteiger partial charge in [0, 0.05) is 5.56 Å². The molecule has 2 aromatic rings. The number of ketones is 1. The Balaban J connectivity index is 2.27. The van der Waals surface area contributed by atoms with Gasteiger partial charge in [-0.05, 0) is 52.8 Å². The largest absolute Gasteiger partial charge is 0.488 e. The van der Waals surface area contributed by atoms with Crippen LogP contribution >= 0.6 is 22.6 Å². The Labute approximate surface area is 142 Å². The van der Waals surface area contributed by atoms with Gasteiger partial charge in [0.2, 0.25) is 0 Å². The van der Waals surface area contributed by atoms with Gasteiger partial charge in [0.15, 0.2) is 5.78 Å². The third-order valence-corrected chi connectivity index (χ3v) is 3.96. The summed E-state index contributed by atoms with van der Waals surface area (Å²) >= 11 is 2.09. The SMILES string of the molecule is CC(=O)c1cc(I)c(OCc2ccccc2)cc1CC(=O)O. The predicted octanol–water partition coefficient (Wildman–Crippen LogP) is 3.70. The standard InChI is InChI=1S/C17H15IO4/c1-11(19)14-9-15(18)16(7-13(14)8-17(20)21)22-10-12-5-3-2-4-6-12/h2-7,9H,8,10H2,1H3,(H,20,21). The summed E-state index contributed by atoms with van der Waals surface area (Å²) in [7, 11) is 0. The molecule has 5 heteroatoms. The molecule has 0 saturated carbocycles. The maximum atomic E-state index is 11.7. The van der Waals surface area contributed by atoms with Gasteiger partial charge >= 0.3 is 5.97 Å². The van der Waals surface area contributed by atoms with Crippen LogP contribution in [-0.2, 0) is 17.8 Å². The number of ether oxygens (including phenoxy) is 1. The van der Waals surface area contributed by atoms with Crippen LogP contribution in [0, 0.1) is 3.57 Å². The average Bonchev–Trinajstić information content (AvgIpc) is 2.47. The van der Waals surface area contributed by atoms with E-state index in [1.807, 2.05) is 30.3 Å². The van der Waals surface area contributed by atoms with Crippen LogP contribution in [0.2, 0.25) is 0 Å². The van der Waals surface area contributed by atoms with E-state index < -0.39 is 5.97 Å². The third-order valence-electron chi connectivity index (χ3n) is 3.12. The van der Waals surface area contributed by atoms with Crippen LogP contribution in [0.3, 0.4) is 0 Å². The van der Waals surface area contributed by atoms with Crippen molar-refractivity contribution in [3.8, 4) is 5.75 Å². The Morgan fingerprint density at radius 2 is 1.86 bits per heavy atom. The molecule has 0 aliphatic carbocycles. The Morgan fingerprint density at radius 3 is 2.45 bits per heavy atom. The highest BCUT2D eigenvalue weighted by Crippen LogP contribution is 2.27. The number of carbonyl (C=O) groups excluding carboxylic acids is 1. The van der Waals surface area contributed by atoms with Gasteiger partial charge < -0.3 is 9.84 Å². The third kappa shape index (κ3) is 4.30. The number of carboxylic acid groups (broad SMARTS) is 1. The van der Waals surface area contributed by atoms with Crippen molar-refractivity contribution in [3.63, 3.8) is 0 Å². The molecule has 4 nitrogen and oxygen atoms in total. The van der Waals surface area contributed by atoms with Crippen molar-refractivity contribution in [3.05, 3.63) is 62.7 Å². The topological polar surface area (TPSA) is 63.6 Å². The van der Waals surface area contributed by atoms with E-state index in [1.54, 1.807) is 12.1 Å². The van der Waals surface area contributed by atoms with E-state index in [2.05, 4.69) is 22.6 Å². The zero-order valence-electron chi connectivity index (χ0n) is 12.0. The number of carbonyl (C=O) groups is 2. The van der Waals surface area contributed by atoms with Crippen molar-refractivity contribution < 1.29 is 19.4 Å². The summed E-state index contributed by atoms with van der Waals surface area (Å²) in [4.78, 5) is 22.6. The second kappa shape index (κ2) is 7.40. The van der Waals surface area contributed by atoms with Gasteiger partial charge in [0.05, 0.1) is 9.99 Å². The van der Waals surface area contributed by atoms with Crippen molar-refractivity contribution in [2.45, 2.75) is 20.0 Å². The van der Waals surface area contributed by atoms with Crippen LogP contribution in [0.1, 0.15) is 28.4 Å². The number of aliphatic carboxylic acids is 1. The monoisotopic (exact) mass is 410 g/mol. The molecule has 22 heavy (non-hydrogen) atoms. The Morgan fingerprint density at radius 1 is 1.18 bits per heavy atom. The quantitative estimate of drug-likeness (QED) is 0.583. The van der Waals surface area contributed by atoms with Gasteiger partial charge in [0.1, 0.15) is 12.4 Å². The maximum absolute atomic E-state index is 11.7. The van der Waals surface area contributed by atoms with E-state index in [9.17, 15) is 9.59 Å². The van der Waals surface area contributed by atoms with Crippen LogP contribution in [0.5, 0.6) is 5.75 Å². The van der Waals surface area contributed by atoms with E-state index in [0.717, 1.165) is 9.13 Å². The summed E-state index contributed by atoms with van der Waals surface area (Å²) in [5.74, 6) is -0.535. The first-order valence-corrected chi connectivity index (χ1v) is 7.77. The van der Waals surface area contributed by atoms with E-state index in [0.29, 0.717) is 23.5 Å². The number of halogens is 1. The zero-order valence-corrected chi connectivity index (χ0v) is 14.2. The second-order valence-corrected chi connectivity index (χ2v) is 6.00. The minimum Gasteiger partial charge on any atom is -0.488 e. The molecule has 0 bridgehead atoms. The Bertz CT molecular complexity index is 695. The summed E-state index contributed by atoms with van der Waals surface area (Å²) in [5.41, 5.74) is 1.93. The minimum absolute atomic E-state index is 0.149. The molecular formula is C17H15IO4. The summed E-state index contributed by atoms with van der Waals surface area (Å²) in [6, 6.07) is 13.0. The first-order chi connectivity index (χ1) is 10.5. The predicted molar refractivity (Wildman–Crippen MR) is 91.3 cm³/mol. The zero-order chi connectivity index (χ0) is 16.1. The summed E-state index contributed by atoms with van der Waals surface area (Å²) in [6.45, 7) is 1.82. The molecule has 0 aliphatic heterocycles. The van der Waals surface area contributed by atoms with Crippen LogP contribution in [0.25, 0.3) is 0 Å². The first kappa shape index (κ1) is 16.5. The highest BCUT2D eigenvalue weighted by atomic mass is 127. The summed E-state index contributed by atoms with van der Waals surface area (Å²) in [5, 5.41) is 8.99. The fourth-order valence-corrected chi connectivity index (χ4v) is 2.70. The van der Waals surface area contributed by atoms with E-state index in [1.165, 1.54) is 6.92 Å². The number of rotatable bonds is 6. The second-order valence-electron chi connectivity index (χ2n) is 4.84. The van der Waals surface area contributed by atoms with Gasteiger partial charge in [-0.2, -0.15) is 0 Å². The molecule has 0 spiro atoms. The normalized spacial score (nSPS) is 10.3. The van der Waals surface area contributed by atoms with Crippen LogP contribution in [0.4, 0.5) is 0 Å².